The minimum Gasteiger partial charge on any atom is -0.368 e. The molecular formula is C19H20ClFN4O2. The Balaban J connectivity index is 1.59. The molecule has 2 aromatic rings. The van der Waals surface area contributed by atoms with E-state index < -0.39 is 5.82 Å². The Hall–Kier alpha value is -2.80. The van der Waals surface area contributed by atoms with Crippen molar-refractivity contribution in [1.29, 1.82) is 0 Å². The van der Waals surface area contributed by atoms with Crippen molar-refractivity contribution in [3.63, 3.8) is 0 Å². The maximum atomic E-state index is 13.7. The number of benzene rings is 2. The number of nitrogens with zero attached hydrogens (tertiary/aromatic N) is 2. The van der Waals surface area contributed by atoms with Gasteiger partial charge in [-0.25, -0.2) is 9.18 Å². The molecule has 1 saturated heterocycles. The standard InChI is InChI=1S/C19H20ClFN4O2/c1-13(26)22-18-12-15(5-6-17(18)21)23-19(27)25-9-7-24(8-10-25)16-4-2-3-14(20)11-16/h2-6,11-12H,7-10H2,1H3,(H,22,26)(H,23,27). The van der Waals surface area contributed by atoms with Crippen LogP contribution in [-0.4, -0.2) is 43.0 Å². The number of piperazine rings is 1. The maximum Gasteiger partial charge on any atom is 0.321 e. The highest BCUT2D eigenvalue weighted by Gasteiger charge is 2.21. The predicted molar refractivity (Wildman–Crippen MR) is 105 cm³/mol. The molecule has 142 valence electrons. The van der Waals surface area contributed by atoms with E-state index in [-0.39, 0.29) is 17.6 Å². The highest BCUT2D eigenvalue weighted by molar-refractivity contribution is 6.30. The Morgan fingerprint density at radius 2 is 1.78 bits per heavy atom. The molecule has 1 aliphatic rings. The highest BCUT2D eigenvalue weighted by atomic mass is 35.5. The monoisotopic (exact) mass is 390 g/mol. The highest BCUT2D eigenvalue weighted by Crippen LogP contribution is 2.22. The summed E-state index contributed by atoms with van der Waals surface area (Å²) < 4.78 is 13.7. The van der Waals surface area contributed by atoms with Crippen molar-refractivity contribution in [2.45, 2.75) is 6.92 Å². The molecule has 27 heavy (non-hydrogen) atoms. The van der Waals surface area contributed by atoms with Crippen molar-refractivity contribution in [2.75, 3.05) is 41.7 Å². The molecule has 1 aliphatic heterocycles. The van der Waals surface area contributed by atoms with Crippen molar-refractivity contribution in [3.8, 4) is 0 Å². The number of hydrogen-bond donors (Lipinski definition) is 2. The van der Waals surface area contributed by atoms with Gasteiger partial charge in [-0.2, -0.15) is 0 Å². The molecule has 0 aromatic heterocycles. The van der Waals surface area contributed by atoms with Crippen LogP contribution in [0.5, 0.6) is 0 Å². The van der Waals surface area contributed by atoms with Gasteiger partial charge < -0.3 is 20.4 Å². The zero-order valence-electron chi connectivity index (χ0n) is 14.8. The molecule has 6 nitrogen and oxygen atoms in total. The number of carbonyl (C=O) groups is 2. The van der Waals surface area contributed by atoms with Gasteiger partial charge in [-0.3, -0.25) is 4.79 Å². The molecule has 1 fully saturated rings. The molecule has 0 atom stereocenters. The van der Waals surface area contributed by atoms with Crippen molar-refractivity contribution >= 4 is 40.6 Å². The molecule has 1 heterocycles. The average Bonchev–Trinajstić information content (AvgIpc) is 2.64. The lowest BCUT2D eigenvalue weighted by Gasteiger charge is -2.36. The maximum absolute atomic E-state index is 13.7. The van der Waals surface area contributed by atoms with E-state index in [0.717, 1.165) is 5.69 Å². The molecule has 0 aliphatic carbocycles. The number of hydrogen-bond acceptors (Lipinski definition) is 3. The fraction of sp³-hybridized carbons (Fsp3) is 0.263. The van der Waals surface area contributed by atoms with Crippen LogP contribution in [-0.2, 0) is 4.79 Å². The lowest BCUT2D eigenvalue weighted by molar-refractivity contribution is -0.114. The summed E-state index contributed by atoms with van der Waals surface area (Å²) in [6, 6.07) is 11.4. The number of anilines is 3. The summed E-state index contributed by atoms with van der Waals surface area (Å²) >= 11 is 6.03. The molecular weight excluding hydrogens is 371 g/mol. The van der Waals surface area contributed by atoms with E-state index in [9.17, 15) is 14.0 Å². The number of nitrogens with one attached hydrogen (secondary N) is 2. The van der Waals surface area contributed by atoms with Crippen molar-refractivity contribution in [1.82, 2.24) is 4.90 Å². The second kappa shape index (κ2) is 8.26. The van der Waals surface area contributed by atoms with Gasteiger partial charge in [0, 0.05) is 49.5 Å². The van der Waals surface area contributed by atoms with Crippen LogP contribution in [0.4, 0.5) is 26.2 Å². The van der Waals surface area contributed by atoms with E-state index in [1.165, 1.54) is 25.1 Å². The van der Waals surface area contributed by atoms with Gasteiger partial charge in [0.05, 0.1) is 5.69 Å². The zero-order valence-corrected chi connectivity index (χ0v) is 15.6. The fourth-order valence-corrected chi connectivity index (χ4v) is 3.12. The first-order chi connectivity index (χ1) is 12.9. The predicted octanol–water partition coefficient (Wildman–Crippen LogP) is 3.79. The molecule has 2 N–H and O–H groups in total. The van der Waals surface area contributed by atoms with Gasteiger partial charge in [-0.15, -0.1) is 0 Å². The van der Waals surface area contributed by atoms with E-state index in [1.807, 2.05) is 24.3 Å². The van der Waals surface area contributed by atoms with Gasteiger partial charge in [0.2, 0.25) is 5.91 Å². The zero-order chi connectivity index (χ0) is 19.4. The second-order valence-corrected chi connectivity index (χ2v) is 6.70. The van der Waals surface area contributed by atoms with Crippen LogP contribution < -0.4 is 15.5 Å². The number of urea groups is 1. The lowest BCUT2D eigenvalue weighted by Crippen LogP contribution is -2.50. The normalized spacial score (nSPS) is 14.0. The molecule has 2 aromatic carbocycles. The molecule has 0 spiro atoms. The minimum absolute atomic E-state index is 0.0334. The van der Waals surface area contributed by atoms with Gasteiger partial charge >= 0.3 is 6.03 Å². The Bertz CT molecular complexity index is 853. The fourth-order valence-electron chi connectivity index (χ4n) is 2.93. The number of rotatable bonds is 3. The van der Waals surface area contributed by atoms with Gasteiger partial charge in [0.25, 0.3) is 0 Å². The van der Waals surface area contributed by atoms with E-state index >= 15 is 0 Å². The van der Waals surface area contributed by atoms with E-state index in [1.54, 1.807) is 4.90 Å². The van der Waals surface area contributed by atoms with Crippen molar-refractivity contribution in [2.24, 2.45) is 0 Å². The van der Waals surface area contributed by atoms with Crippen LogP contribution in [0.2, 0.25) is 5.02 Å². The third-order valence-electron chi connectivity index (χ3n) is 4.27. The van der Waals surface area contributed by atoms with Gasteiger partial charge in [-0.1, -0.05) is 17.7 Å². The van der Waals surface area contributed by atoms with Crippen molar-refractivity contribution < 1.29 is 14.0 Å². The smallest absolute Gasteiger partial charge is 0.321 e. The number of amides is 3. The van der Waals surface area contributed by atoms with Crippen LogP contribution in [0.3, 0.4) is 0 Å². The third kappa shape index (κ3) is 4.89. The van der Waals surface area contributed by atoms with Crippen LogP contribution in [0.1, 0.15) is 6.92 Å². The Morgan fingerprint density at radius 3 is 2.44 bits per heavy atom. The largest absolute Gasteiger partial charge is 0.368 e. The topological polar surface area (TPSA) is 64.7 Å². The molecule has 0 radical (unpaired) electrons. The molecule has 0 bridgehead atoms. The summed E-state index contributed by atoms with van der Waals surface area (Å²) in [4.78, 5) is 27.5. The quantitative estimate of drug-likeness (QED) is 0.838. The first kappa shape index (κ1) is 19.0. The number of halogens is 2. The van der Waals surface area contributed by atoms with Crippen LogP contribution in [0.25, 0.3) is 0 Å². The summed E-state index contributed by atoms with van der Waals surface area (Å²) in [6.07, 6.45) is 0. The Morgan fingerprint density at radius 1 is 1.04 bits per heavy atom. The van der Waals surface area contributed by atoms with E-state index in [4.69, 9.17) is 11.6 Å². The Kier molecular flexibility index (Phi) is 5.81. The van der Waals surface area contributed by atoms with Gasteiger partial charge in [-0.05, 0) is 36.4 Å². The molecule has 0 saturated carbocycles. The summed E-state index contributed by atoms with van der Waals surface area (Å²) in [7, 11) is 0. The van der Waals surface area contributed by atoms with Crippen molar-refractivity contribution in [3.05, 3.63) is 53.3 Å². The summed E-state index contributed by atoms with van der Waals surface area (Å²) in [6.45, 7) is 3.78. The molecule has 3 amide bonds. The molecule has 0 unspecified atom stereocenters. The van der Waals surface area contributed by atoms with Gasteiger partial charge in [0.15, 0.2) is 0 Å². The van der Waals surface area contributed by atoms with Crippen LogP contribution in [0.15, 0.2) is 42.5 Å². The minimum atomic E-state index is -0.557. The average molecular weight is 391 g/mol. The Labute approximate surface area is 161 Å². The first-order valence-electron chi connectivity index (χ1n) is 8.56. The van der Waals surface area contributed by atoms with Crippen LogP contribution >= 0.6 is 11.6 Å². The SMILES string of the molecule is CC(=O)Nc1cc(NC(=O)N2CCN(c3cccc(Cl)c3)CC2)ccc1F. The van der Waals surface area contributed by atoms with Crippen LogP contribution in [0, 0.1) is 5.82 Å². The second-order valence-electron chi connectivity index (χ2n) is 6.26. The summed E-state index contributed by atoms with van der Waals surface area (Å²) in [5.41, 5.74) is 1.48. The third-order valence-corrected chi connectivity index (χ3v) is 4.50. The lowest BCUT2D eigenvalue weighted by atomic mass is 10.2. The summed E-state index contributed by atoms with van der Waals surface area (Å²) in [5.74, 6) is -0.937. The van der Waals surface area contributed by atoms with E-state index in [0.29, 0.717) is 36.9 Å². The van der Waals surface area contributed by atoms with Gasteiger partial charge in [0.1, 0.15) is 5.82 Å². The number of carbonyl (C=O) groups excluding carboxylic acids is 2. The summed E-state index contributed by atoms with van der Waals surface area (Å²) in [5, 5.41) is 5.82. The molecule has 3 rings (SSSR count). The first-order valence-corrected chi connectivity index (χ1v) is 8.94. The van der Waals surface area contributed by atoms with E-state index in [2.05, 4.69) is 15.5 Å². The molecule has 8 heteroatoms.